The molecule has 0 fully saturated rings. The predicted molar refractivity (Wildman–Crippen MR) is 59.6 cm³/mol. The lowest BCUT2D eigenvalue weighted by Gasteiger charge is -2.14. The van der Waals surface area contributed by atoms with E-state index in [1.54, 1.807) is 0 Å². The Morgan fingerprint density at radius 3 is 2.57 bits per heavy atom. The highest BCUT2D eigenvalue weighted by atomic mass is 35.5. The number of halogens is 1. The van der Waals surface area contributed by atoms with Gasteiger partial charge in [-0.05, 0) is 49.6 Å². The fraction of sp³-hybridized carbons (Fsp3) is 0.455. The quantitative estimate of drug-likeness (QED) is 0.810. The van der Waals surface area contributed by atoms with Gasteiger partial charge in [0, 0.05) is 5.02 Å². The van der Waals surface area contributed by atoms with Gasteiger partial charge >= 0.3 is 0 Å². The molecule has 0 heterocycles. The minimum absolute atomic E-state index is 0.478. The summed E-state index contributed by atoms with van der Waals surface area (Å²) in [4.78, 5) is 0. The van der Waals surface area contributed by atoms with Crippen molar-refractivity contribution in [2.75, 3.05) is 6.54 Å². The van der Waals surface area contributed by atoms with Crippen molar-refractivity contribution >= 4 is 11.6 Å². The lowest BCUT2D eigenvalue weighted by Crippen LogP contribution is -2.08. The van der Waals surface area contributed by atoms with Crippen LogP contribution in [0.3, 0.4) is 0 Å². The smallest absolute Gasteiger partial charge is 0.0805 e. The van der Waals surface area contributed by atoms with Gasteiger partial charge in [0.15, 0.2) is 0 Å². The number of aliphatic hydroxyl groups is 1. The fourth-order valence-corrected chi connectivity index (χ4v) is 1.69. The van der Waals surface area contributed by atoms with Gasteiger partial charge in [-0.1, -0.05) is 17.7 Å². The molecule has 0 amide bonds. The average Bonchev–Trinajstić information content (AvgIpc) is 2.11. The second-order valence-corrected chi connectivity index (χ2v) is 3.96. The maximum absolute atomic E-state index is 9.78. The first-order valence-corrected chi connectivity index (χ1v) is 5.09. The van der Waals surface area contributed by atoms with E-state index in [2.05, 4.69) is 0 Å². The Bertz CT molecular complexity index is 325. The molecule has 2 nitrogen and oxygen atoms in total. The first-order valence-electron chi connectivity index (χ1n) is 4.71. The van der Waals surface area contributed by atoms with Crippen LogP contribution in [0.25, 0.3) is 0 Å². The molecule has 0 saturated heterocycles. The zero-order valence-corrected chi connectivity index (χ0v) is 9.30. The summed E-state index contributed by atoms with van der Waals surface area (Å²) in [5.41, 5.74) is 8.37. The highest BCUT2D eigenvalue weighted by molar-refractivity contribution is 6.31. The summed E-state index contributed by atoms with van der Waals surface area (Å²) in [5, 5.41) is 10.5. The molecule has 3 heteroatoms. The van der Waals surface area contributed by atoms with Crippen LogP contribution in [0.1, 0.15) is 29.2 Å². The monoisotopic (exact) mass is 213 g/mol. The van der Waals surface area contributed by atoms with Crippen LogP contribution in [0, 0.1) is 13.8 Å². The SMILES string of the molecule is Cc1cc(C)c(C(O)CCN)cc1Cl. The molecule has 0 bridgehead atoms. The normalized spacial score (nSPS) is 12.9. The molecule has 3 N–H and O–H groups in total. The van der Waals surface area contributed by atoms with Gasteiger partial charge in [0.2, 0.25) is 0 Å². The minimum Gasteiger partial charge on any atom is -0.388 e. The van der Waals surface area contributed by atoms with E-state index in [-0.39, 0.29) is 0 Å². The third-order valence-corrected chi connectivity index (χ3v) is 2.75. The Balaban J connectivity index is 3.02. The van der Waals surface area contributed by atoms with E-state index in [0.29, 0.717) is 18.0 Å². The van der Waals surface area contributed by atoms with E-state index in [0.717, 1.165) is 16.7 Å². The van der Waals surface area contributed by atoms with Crippen LogP contribution < -0.4 is 5.73 Å². The summed E-state index contributed by atoms with van der Waals surface area (Å²) in [6, 6.07) is 3.81. The van der Waals surface area contributed by atoms with E-state index >= 15 is 0 Å². The molecule has 0 aromatic heterocycles. The Kier molecular flexibility index (Phi) is 3.93. The number of hydrogen-bond acceptors (Lipinski definition) is 2. The number of rotatable bonds is 3. The Labute approximate surface area is 89.7 Å². The van der Waals surface area contributed by atoms with Gasteiger partial charge in [-0.15, -0.1) is 0 Å². The summed E-state index contributed by atoms with van der Waals surface area (Å²) in [6.45, 7) is 4.40. The fourth-order valence-electron chi connectivity index (χ4n) is 1.51. The van der Waals surface area contributed by atoms with E-state index in [1.165, 1.54) is 0 Å². The summed E-state index contributed by atoms with van der Waals surface area (Å²) < 4.78 is 0. The molecule has 0 spiro atoms. The number of aliphatic hydroxyl groups excluding tert-OH is 1. The molecule has 1 aromatic carbocycles. The van der Waals surface area contributed by atoms with Crippen LogP contribution >= 0.6 is 11.6 Å². The van der Waals surface area contributed by atoms with Crippen LogP contribution in [0.15, 0.2) is 12.1 Å². The van der Waals surface area contributed by atoms with Gasteiger partial charge in [-0.2, -0.15) is 0 Å². The third kappa shape index (κ3) is 2.47. The van der Waals surface area contributed by atoms with Crippen LogP contribution in [0.4, 0.5) is 0 Å². The molecule has 1 atom stereocenters. The van der Waals surface area contributed by atoms with Crippen molar-refractivity contribution in [1.82, 2.24) is 0 Å². The number of hydrogen-bond donors (Lipinski definition) is 2. The largest absolute Gasteiger partial charge is 0.388 e. The van der Waals surface area contributed by atoms with Crippen molar-refractivity contribution in [3.8, 4) is 0 Å². The van der Waals surface area contributed by atoms with Crippen molar-refractivity contribution in [1.29, 1.82) is 0 Å². The van der Waals surface area contributed by atoms with E-state index < -0.39 is 6.10 Å². The molecule has 0 aliphatic carbocycles. The maximum Gasteiger partial charge on any atom is 0.0805 e. The number of aryl methyl sites for hydroxylation is 2. The highest BCUT2D eigenvalue weighted by Gasteiger charge is 2.11. The van der Waals surface area contributed by atoms with Crippen molar-refractivity contribution in [2.24, 2.45) is 5.73 Å². The topological polar surface area (TPSA) is 46.2 Å². The second kappa shape index (κ2) is 4.78. The van der Waals surface area contributed by atoms with Crippen LogP contribution in [0.5, 0.6) is 0 Å². The van der Waals surface area contributed by atoms with Gasteiger partial charge in [0.1, 0.15) is 0 Å². The summed E-state index contributed by atoms with van der Waals surface area (Å²) >= 11 is 5.99. The lowest BCUT2D eigenvalue weighted by atomic mass is 9.99. The van der Waals surface area contributed by atoms with Gasteiger partial charge in [-0.3, -0.25) is 0 Å². The van der Waals surface area contributed by atoms with Gasteiger partial charge in [0.25, 0.3) is 0 Å². The van der Waals surface area contributed by atoms with Crippen molar-refractivity contribution in [3.63, 3.8) is 0 Å². The Hall–Kier alpha value is -0.570. The average molecular weight is 214 g/mol. The summed E-state index contributed by atoms with van der Waals surface area (Å²) in [5.74, 6) is 0. The van der Waals surface area contributed by atoms with E-state index in [9.17, 15) is 5.11 Å². The molecule has 14 heavy (non-hydrogen) atoms. The van der Waals surface area contributed by atoms with Crippen molar-refractivity contribution < 1.29 is 5.11 Å². The van der Waals surface area contributed by atoms with Gasteiger partial charge < -0.3 is 10.8 Å². The van der Waals surface area contributed by atoms with Crippen molar-refractivity contribution in [3.05, 3.63) is 33.8 Å². The maximum atomic E-state index is 9.78. The first-order chi connectivity index (χ1) is 6.56. The van der Waals surface area contributed by atoms with Gasteiger partial charge in [-0.25, -0.2) is 0 Å². The summed E-state index contributed by atoms with van der Waals surface area (Å²) in [6.07, 6.45) is 0.0679. The molecule has 1 aromatic rings. The summed E-state index contributed by atoms with van der Waals surface area (Å²) in [7, 11) is 0. The van der Waals surface area contributed by atoms with E-state index in [4.69, 9.17) is 17.3 Å². The van der Waals surface area contributed by atoms with Crippen LogP contribution in [-0.4, -0.2) is 11.7 Å². The Morgan fingerprint density at radius 2 is 2.00 bits per heavy atom. The Morgan fingerprint density at radius 1 is 1.36 bits per heavy atom. The third-order valence-electron chi connectivity index (χ3n) is 2.35. The van der Waals surface area contributed by atoms with Crippen LogP contribution in [-0.2, 0) is 0 Å². The van der Waals surface area contributed by atoms with E-state index in [1.807, 2.05) is 26.0 Å². The molecule has 0 saturated carbocycles. The highest BCUT2D eigenvalue weighted by Crippen LogP contribution is 2.26. The zero-order valence-electron chi connectivity index (χ0n) is 8.55. The first kappa shape index (κ1) is 11.5. The van der Waals surface area contributed by atoms with Crippen molar-refractivity contribution in [2.45, 2.75) is 26.4 Å². The number of nitrogens with two attached hydrogens (primary N) is 1. The molecular formula is C11H16ClNO. The lowest BCUT2D eigenvalue weighted by molar-refractivity contribution is 0.169. The second-order valence-electron chi connectivity index (χ2n) is 3.55. The molecule has 0 radical (unpaired) electrons. The number of benzene rings is 1. The molecule has 1 rings (SSSR count). The molecule has 0 aliphatic heterocycles. The predicted octanol–water partition coefficient (Wildman–Crippen LogP) is 2.34. The van der Waals surface area contributed by atoms with Gasteiger partial charge in [0.05, 0.1) is 6.10 Å². The standard InChI is InChI=1S/C11H16ClNO/c1-7-5-8(2)10(12)6-9(7)11(14)3-4-13/h5-6,11,14H,3-4,13H2,1-2H3. The zero-order chi connectivity index (χ0) is 10.7. The van der Waals surface area contributed by atoms with Crippen LogP contribution in [0.2, 0.25) is 5.02 Å². The molecule has 1 unspecified atom stereocenters. The minimum atomic E-state index is -0.502. The molecule has 78 valence electrons. The molecule has 0 aliphatic rings. The molecular weight excluding hydrogens is 198 g/mol.